The molecule has 0 unspecified atom stereocenters. The van der Waals surface area contributed by atoms with Gasteiger partial charge in [-0.15, -0.1) is 6.58 Å². The number of nitrogens with zero attached hydrogens (tertiary/aromatic N) is 2. The maximum atomic E-state index is 12.9. The maximum Gasteiger partial charge on any atom is 0.410 e. The monoisotopic (exact) mass is 436 g/mol. The third kappa shape index (κ3) is 7.33. The van der Waals surface area contributed by atoms with Crippen LogP contribution in [0, 0.1) is 0 Å². The van der Waals surface area contributed by atoms with E-state index in [9.17, 15) is 14.7 Å². The molecule has 1 aliphatic heterocycles. The van der Waals surface area contributed by atoms with Crippen molar-refractivity contribution in [2.75, 3.05) is 13.1 Å². The van der Waals surface area contributed by atoms with E-state index in [1.54, 1.807) is 11.0 Å². The van der Waals surface area contributed by atoms with Crippen molar-refractivity contribution < 1.29 is 19.4 Å². The summed E-state index contributed by atoms with van der Waals surface area (Å²) in [5.74, 6) is -0.902. The lowest BCUT2D eigenvalue weighted by Gasteiger charge is -2.46. The third-order valence-electron chi connectivity index (χ3n) is 5.01. The Balaban J connectivity index is 2.33. The van der Waals surface area contributed by atoms with Gasteiger partial charge in [0.15, 0.2) is 0 Å². The minimum absolute atomic E-state index is 0.119. The van der Waals surface area contributed by atoms with Crippen LogP contribution in [0.1, 0.15) is 52.5 Å². The van der Waals surface area contributed by atoms with E-state index in [4.69, 9.17) is 16.3 Å². The van der Waals surface area contributed by atoms with Crippen LogP contribution < -0.4 is 0 Å². The molecule has 1 aromatic rings. The number of piperidine rings is 1. The van der Waals surface area contributed by atoms with E-state index in [2.05, 4.69) is 6.58 Å². The minimum atomic E-state index is -0.902. The van der Waals surface area contributed by atoms with Gasteiger partial charge in [0, 0.05) is 24.2 Å². The molecule has 0 aliphatic carbocycles. The normalized spacial score (nSPS) is 19.6. The molecule has 1 fully saturated rings. The lowest BCUT2D eigenvalue weighted by Crippen LogP contribution is -2.58. The van der Waals surface area contributed by atoms with E-state index >= 15 is 0 Å². The van der Waals surface area contributed by atoms with Crippen molar-refractivity contribution in [1.29, 1.82) is 0 Å². The predicted octanol–water partition coefficient (Wildman–Crippen LogP) is 4.96. The summed E-state index contributed by atoms with van der Waals surface area (Å²) in [4.78, 5) is 28.3. The van der Waals surface area contributed by atoms with Crippen LogP contribution in [0.3, 0.4) is 0 Å². The largest absolute Gasteiger partial charge is 0.480 e. The Kier molecular flexibility index (Phi) is 8.33. The van der Waals surface area contributed by atoms with Gasteiger partial charge < -0.3 is 14.7 Å². The fourth-order valence-corrected chi connectivity index (χ4v) is 4.16. The van der Waals surface area contributed by atoms with Crippen molar-refractivity contribution in [3.8, 4) is 0 Å². The minimum Gasteiger partial charge on any atom is -0.480 e. The number of halogens is 1. The van der Waals surface area contributed by atoms with Gasteiger partial charge in [-0.1, -0.05) is 29.3 Å². The van der Waals surface area contributed by atoms with E-state index in [1.165, 1.54) is 0 Å². The lowest BCUT2D eigenvalue weighted by molar-refractivity contribution is -0.139. The average molecular weight is 437 g/mol. The molecule has 2 atom stereocenters. The number of hydrogen-bond donors (Lipinski definition) is 1. The molecule has 1 aromatic carbocycles. The molecule has 6 nitrogen and oxygen atoms in total. The highest BCUT2D eigenvalue weighted by atomic mass is 35.5. The first kappa shape index (κ1) is 24.2. The number of likely N-dealkylation sites (tertiary alicyclic amines) is 1. The standard InChI is InChI=1S/C23H33ClN2O4/c1-16(2)12-20-19(10-7-11-26(20)22(29)30-23(3,4)5)25(15-21(27)28)14-17-8-6-9-18(24)13-17/h6,8-9,13,19-20H,1,7,10-12,14-15H2,2-5H3,(H,27,28)/t19-,20-/m1/s1. The second kappa shape index (κ2) is 10.3. The molecular formula is C23H33ClN2O4. The lowest BCUT2D eigenvalue weighted by atomic mass is 9.90. The molecule has 7 heteroatoms. The quantitative estimate of drug-likeness (QED) is 0.611. The van der Waals surface area contributed by atoms with Gasteiger partial charge in [-0.25, -0.2) is 4.79 Å². The van der Waals surface area contributed by atoms with Gasteiger partial charge in [0.2, 0.25) is 0 Å². The van der Waals surface area contributed by atoms with Crippen molar-refractivity contribution in [2.24, 2.45) is 0 Å². The van der Waals surface area contributed by atoms with Gasteiger partial charge in [-0.05, 0) is 64.7 Å². The number of benzene rings is 1. The highest BCUT2D eigenvalue weighted by molar-refractivity contribution is 6.30. The summed E-state index contributed by atoms with van der Waals surface area (Å²) < 4.78 is 5.64. The van der Waals surface area contributed by atoms with Crippen molar-refractivity contribution in [3.63, 3.8) is 0 Å². The summed E-state index contributed by atoms with van der Waals surface area (Å²) in [5.41, 5.74) is 1.28. The maximum absolute atomic E-state index is 12.9. The van der Waals surface area contributed by atoms with Crippen LogP contribution in [0.5, 0.6) is 0 Å². The number of carbonyl (C=O) groups is 2. The molecule has 1 amide bonds. The van der Waals surface area contributed by atoms with Crippen molar-refractivity contribution in [1.82, 2.24) is 9.80 Å². The molecule has 0 radical (unpaired) electrons. The Morgan fingerprint density at radius 2 is 2.07 bits per heavy atom. The summed E-state index contributed by atoms with van der Waals surface area (Å²) in [6.45, 7) is 12.4. The Morgan fingerprint density at radius 1 is 1.37 bits per heavy atom. The van der Waals surface area contributed by atoms with Gasteiger partial charge in [-0.2, -0.15) is 0 Å². The van der Waals surface area contributed by atoms with Crippen LogP contribution in [0.4, 0.5) is 4.79 Å². The highest BCUT2D eigenvalue weighted by Crippen LogP contribution is 2.29. The van der Waals surface area contributed by atoms with Gasteiger partial charge >= 0.3 is 12.1 Å². The fraction of sp³-hybridized carbons (Fsp3) is 0.565. The van der Waals surface area contributed by atoms with E-state index in [1.807, 2.05) is 50.8 Å². The summed E-state index contributed by atoms with van der Waals surface area (Å²) in [7, 11) is 0. The Morgan fingerprint density at radius 3 is 2.63 bits per heavy atom. The molecule has 1 saturated heterocycles. The van der Waals surface area contributed by atoms with Crippen molar-refractivity contribution >= 4 is 23.7 Å². The van der Waals surface area contributed by atoms with Crippen LogP contribution in [0.2, 0.25) is 5.02 Å². The number of ether oxygens (including phenoxy) is 1. The molecular weight excluding hydrogens is 404 g/mol. The zero-order valence-electron chi connectivity index (χ0n) is 18.4. The number of carboxylic acids is 1. The number of aliphatic carboxylic acids is 1. The first-order valence-corrected chi connectivity index (χ1v) is 10.7. The van der Waals surface area contributed by atoms with E-state index in [-0.39, 0.29) is 24.7 Å². The second-order valence-corrected chi connectivity index (χ2v) is 9.48. The van der Waals surface area contributed by atoms with E-state index in [0.29, 0.717) is 24.5 Å². The fourth-order valence-electron chi connectivity index (χ4n) is 3.95. The smallest absolute Gasteiger partial charge is 0.410 e. The average Bonchev–Trinajstić information content (AvgIpc) is 2.59. The SMILES string of the molecule is C=C(C)C[C@@H]1[C@H](N(CC(=O)O)Cc2cccc(Cl)c2)CCCN1C(=O)OC(C)(C)C. The molecule has 0 bridgehead atoms. The third-order valence-corrected chi connectivity index (χ3v) is 5.25. The van der Waals surface area contributed by atoms with Crippen LogP contribution in [-0.2, 0) is 16.1 Å². The molecule has 166 valence electrons. The van der Waals surface area contributed by atoms with Gasteiger partial charge in [-0.3, -0.25) is 9.69 Å². The second-order valence-electron chi connectivity index (χ2n) is 9.04. The molecule has 2 rings (SSSR count). The highest BCUT2D eigenvalue weighted by Gasteiger charge is 2.39. The zero-order valence-corrected chi connectivity index (χ0v) is 19.1. The molecule has 0 spiro atoms. The summed E-state index contributed by atoms with van der Waals surface area (Å²) >= 11 is 6.13. The molecule has 30 heavy (non-hydrogen) atoms. The van der Waals surface area contributed by atoms with Crippen LogP contribution >= 0.6 is 11.6 Å². The van der Waals surface area contributed by atoms with Crippen LogP contribution in [0.25, 0.3) is 0 Å². The Hall–Kier alpha value is -2.05. The van der Waals surface area contributed by atoms with Crippen LogP contribution in [-0.4, -0.2) is 57.7 Å². The van der Waals surface area contributed by atoms with Crippen molar-refractivity contribution in [3.05, 3.63) is 47.0 Å². The van der Waals surface area contributed by atoms with E-state index in [0.717, 1.165) is 24.0 Å². The first-order chi connectivity index (χ1) is 14.0. The number of carbonyl (C=O) groups excluding carboxylic acids is 1. The molecule has 1 aliphatic rings. The number of hydrogen-bond acceptors (Lipinski definition) is 4. The zero-order chi connectivity index (χ0) is 22.5. The Labute approximate surface area is 184 Å². The number of rotatable bonds is 7. The number of carboxylic acid groups (broad SMARTS) is 1. The summed E-state index contributed by atoms with van der Waals surface area (Å²) in [5, 5.41) is 10.2. The van der Waals surface area contributed by atoms with Gasteiger partial charge in [0.05, 0.1) is 12.6 Å². The predicted molar refractivity (Wildman–Crippen MR) is 119 cm³/mol. The van der Waals surface area contributed by atoms with Gasteiger partial charge in [0.1, 0.15) is 5.60 Å². The molecule has 0 saturated carbocycles. The first-order valence-electron chi connectivity index (χ1n) is 10.3. The van der Waals surface area contributed by atoms with Crippen LogP contribution in [0.15, 0.2) is 36.4 Å². The van der Waals surface area contributed by atoms with Gasteiger partial charge in [0.25, 0.3) is 0 Å². The molecule has 1 N–H and O–H groups in total. The number of amides is 1. The molecule has 0 aromatic heterocycles. The summed E-state index contributed by atoms with van der Waals surface area (Å²) in [6.07, 6.45) is 1.81. The van der Waals surface area contributed by atoms with Crippen molar-refractivity contribution in [2.45, 2.75) is 71.2 Å². The van der Waals surface area contributed by atoms with E-state index < -0.39 is 11.6 Å². The Bertz CT molecular complexity index is 775. The topological polar surface area (TPSA) is 70.1 Å². The summed E-state index contributed by atoms with van der Waals surface area (Å²) in [6, 6.07) is 7.10. The molecule has 1 heterocycles.